The molecule has 7 heteroatoms. The number of anilines is 1. The number of hydrogen-bond acceptors (Lipinski definition) is 3. The van der Waals surface area contributed by atoms with E-state index >= 15 is 0 Å². The molecule has 4 rings (SSSR count). The number of nitrogens with zero attached hydrogens (tertiary/aromatic N) is 3. The lowest BCUT2D eigenvalue weighted by Crippen LogP contribution is -2.51. The van der Waals surface area contributed by atoms with Gasteiger partial charge in [-0.2, -0.15) is 13.2 Å². The topological polar surface area (TPSA) is 36.4 Å². The van der Waals surface area contributed by atoms with Crippen LogP contribution >= 0.6 is 0 Å². The number of hydrogen-bond donors (Lipinski definition) is 0. The summed E-state index contributed by atoms with van der Waals surface area (Å²) in [4.78, 5) is 20.6. The first-order valence-corrected chi connectivity index (χ1v) is 8.99. The fourth-order valence-electron chi connectivity index (χ4n) is 4.68. The Morgan fingerprint density at radius 3 is 2.36 bits per heavy atom. The van der Waals surface area contributed by atoms with Gasteiger partial charge in [0.15, 0.2) is 0 Å². The summed E-state index contributed by atoms with van der Waals surface area (Å²) in [5.74, 6) is 2.35. The second kappa shape index (κ2) is 6.18. The monoisotopic (exact) mass is 353 g/mol. The van der Waals surface area contributed by atoms with Gasteiger partial charge in [0.05, 0.1) is 5.56 Å². The number of aromatic nitrogens is 1. The van der Waals surface area contributed by atoms with Crippen LogP contribution in [-0.2, 0) is 11.0 Å². The zero-order valence-electron chi connectivity index (χ0n) is 14.0. The summed E-state index contributed by atoms with van der Waals surface area (Å²) in [6.45, 7) is 2.47. The molecule has 2 bridgehead atoms. The predicted octanol–water partition coefficient (Wildman–Crippen LogP) is 3.19. The van der Waals surface area contributed by atoms with E-state index in [1.165, 1.54) is 25.3 Å². The van der Waals surface area contributed by atoms with Gasteiger partial charge in [0.25, 0.3) is 0 Å². The van der Waals surface area contributed by atoms with E-state index in [-0.39, 0.29) is 11.8 Å². The summed E-state index contributed by atoms with van der Waals surface area (Å²) in [5, 5.41) is 0. The van der Waals surface area contributed by atoms with Crippen molar-refractivity contribution in [2.24, 2.45) is 17.8 Å². The number of amides is 1. The van der Waals surface area contributed by atoms with Crippen LogP contribution in [0.15, 0.2) is 18.3 Å². The zero-order valence-corrected chi connectivity index (χ0v) is 14.0. The third-order valence-corrected chi connectivity index (χ3v) is 6.05. The average Bonchev–Trinajstić information content (AvgIpc) is 3.24. The Kier molecular flexibility index (Phi) is 4.12. The van der Waals surface area contributed by atoms with E-state index in [1.807, 2.05) is 9.80 Å². The molecule has 1 aliphatic heterocycles. The standard InChI is InChI=1S/C18H22F3N3O/c19-18(20,21)14-3-4-16(22-11-14)23-5-7-24(8-6-23)17(25)15-10-12-1-2-13(15)9-12/h3-4,11-13,15H,1-2,5-10H2/t12-,13-,15-/m0/s1. The number of piperazine rings is 1. The van der Waals surface area contributed by atoms with Crippen molar-refractivity contribution in [3.63, 3.8) is 0 Å². The van der Waals surface area contributed by atoms with Crippen LogP contribution in [0.5, 0.6) is 0 Å². The molecule has 1 amide bonds. The van der Waals surface area contributed by atoms with Crippen molar-refractivity contribution in [2.45, 2.75) is 31.9 Å². The summed E-state index contributed by atoms with van der Waals surface area (Å²) in [7, 11) is 0. The molecule has 0 aromatic carbocycles. The lowest BCUT2D eigenvalue weighted by atomic mass is 9.87. The number of halogens is 3. The molecular formula is C18H22F3N3O. The predicted molar refractivity (Wildman–Crippen MR) is 87.0 cm³/mol. The van der Waals surface area contributed by atoms with Crippen LogP contribution in [0.4, 0.5) is 19.0 Å². The van der Waals surface area contributed by atoms with Crippen molar-refractivity contribution in [1.29, 1.82) is 0 Å². The summed E-state index contributed by atoms with van der Waals surface area (Å²) < 4.78 is 37.8. The minimum Gasteiger partial charge on any atom is -0.353 e. The molecule has 2 aliphatic carbocycles. The van der Waals surface area contributed by atoms with Crippen molar-refractivity contribution in [3.8, 4) is 0 Å². The summed E-state index contributed by atoms with van der Waals surface area (Å²) in [6.07, 6.45) is 1.24. The molecule has 3 atom stereocenters. The van der Waals surface area contributed by atoms with Gasteiger partial charge in [-0.05, 0) is 43.2 Å². The highest BCUT2D eigenvalue weighted by molar-refractivity contribution is 5.80. The molecule has 2 saturated carbocycles. The average molecular weight is 353 g/mol. The molecule has 0 unspecified atom stereocenters. The Bertz CT molecular complexity index is 638. The van der Waals surface area contributed by atoms with E-state index in [2.05, 4.69) is 4.98 Å². The van der Waals surface area contributed by atoms with Gasteiger partial charge in [-0.1, -0.05) is 6.42 Å². The van der Waals surface area contributed by atoms with Crippen LogP contribution in [0.25, 0.3) is 0 Å². The normalized spacial score (nSPS) is 29.3. The molecule has 1 aromatic heterocycles. The number of fused-ring (bicyclic) bond motifs is 2. The van der Waals surface area contributed by atoms with Crippen LogP contribution in [0.1, 0.15) is 31.2 Å². The molecule has 1 saturated heterocycles. The molecule has 4 nitrogen and oxygen atoms in total. The third kappa shape index (κ3) is 3.20. The van der Waals surface area contributed by atoms with Crippen molar-refractivity contribution in [2.75, 3.05) is 31.1 Å². The number of pyridine rings is 1. The second-order valence-electron chi connectivity index (χ2n) is 7.50. The second-order valence-corrected chi connectivity index (χ2v) is 7.50. The summed E-state index contributed by atoms with van der Waals surface area (Å²) in [6, 6.07) is 2.48. The van der Waals surface area contributed by atoms with Crippen LogP contribution in [0.3, 0.4) is 0 Å². The highest BCUT2D eigenvalue weighted by Crippen LogP contribution is 2.48. The van der Waals surface area contributed by atoms with Crippen LogP contribution < -0.4 is 4.90 Å². The van der Waals surface area contributed by atoms with Gasteiger partial charge in [-0.3, -0.25) is 4.79 Å². The summed E-state index contributed by atoms with van der Waals surface area (Å²) in [5.41, 5.74) is -0.735. The van der Waals surface area contributed by atoms with Crippen molar-refractivity contribution in [1.82, 2.24) is 9.88 Å². The van der Waals surface area contributed by atoms with Crippen molar-refractivity contribution >= 4 is 11.7 Å². The van der Waals surface area contributed by atoms with E-state index in [0.29, 0.717) is 37.9 Å². The van der Waals surface area contributed by atoms with Gasteiger partial charge in [0.2, 0.25) is 5.91 Å². The van der Waals surface area contributed by atoms with E-state index in [4.69, 9.17) is 0 Å². The molecule has 1 aromatic rings. The Morgan fingerprint density at radius 1 is 1.08 bits per heavy atom. The first kappa shape index (κ1) is 16.7. The SMILES string of the molecule is O=C([C@H]1C[C@H]2CC[C@H]1C2)N1CCN(c2ccc(C(F)(F)F)cn2)CC1. The molecule has 3 aliphatic rings. The largest absolute Gasteiger partial charge is 0.417 e. The molecule has 0 radical (unpaired) electrons. The van der Waals surface area contributed by atoms with Crippen LogP contribution in [0, 0.1) is 17.8 Å². The molecule has 136 valence electrons. The van der Waals surface area contributed by atoms with Gasteiger partial charge < -0.3 is 9.80 Å². The minimum atomic E-state index is -4.36. The van der Waals surface area contributed by atoms with E-state index < -0.39 is 11.7 Å². The maximum atomic E-state index is 12.8. The van der Waals surface area contributed by atoms with Crippen molar-refractivity contribution < 1.29 is 18.0 Å². The fourth-order valence-corrected chi connectivity index (χ4v) is 4.68. The number of rotatable bonds is 2. The molecule has 2 heterocycles. The molecule has 0 N–H and O–H groups in total. The molecule has 25 heavy (non-hydrogen) atoms. The molecular weight excluding hydrogens is 331 g/mol. The smallest absolute Gasteiger partial charge is 0.353 e. The van der Waals surface area contributed by atoms with Gasteiger partial charge in [0.1, 0.15) is 5.82 Å². The van der Waals surface area contributed by atoms with Crippen LogP contribution in [-0.4, -0.2) is 42.0 Å². The molecule has 0 spiro atoms. The first-order chi connectivity index (χ1) is 11.9. The van der Waals surface area contributed by atoms with E-state index in [9.17, 15) is 18.0 Å². The van der Waals surface area contributed by atoms with Gasteiger partial charge in [0, 0.05) is 38.3 Å². The number of carbonyl (C=O) groups is 1. The minimum absolute atomic E-state index is 0.203. The lowest BCUT2D eigenvalue weighted by molar-refractivity contribution is -0.138. The number of alkyl halides is 3. The highest BCUT2D eigenvalue weighted by atomic mass is 19.4. The van der Waals surface area contributed by atoms with Gasteiger partial charge >= 0.3 is 6.18 Å². The highest BCUT2D eigenvalue weighted by Gasteiger charge is 2.44. The van der Waals surface area contributed by atoms with Gasteiger partial charge in [-0.25, -0.2) is 4.98 Å². The maximum Gasteiger partial charge on any atom is 0.417 e. The maximum absolute atomic E-state index is 12.8. The van der Waals surface area contributed by atoms with Crippen LogP contribution in [0.2, 0.25) is 0 Å². The number of carbonyl (C=O) groups excluding carboxylic acids is 1. The van der Waals surface area contributed by atoms with E-state index in [0.717, 1.165) is 24.6 Å². The Labute approximate surface area is 145 Å². The Balaban J connectivity index is 1.34. The quantitative estimate of drug-likeness (QED) is 0.819. The first-order valence-electron chi connectivity index (χ1n) is 8.99. The summed E-state index contributed by atoms with van der Waals surface area (Å²) >= 11 is 0. The third-order valence-electron chi connectivity index (χ3n) is 6.05. The Hall–Kier alpha value is -1.79. The zero-order chi connectivity index (χ0) is 17.6. The van der Waals surface area contributed by atoms with E-state index in [1.54, 1.807) is 0 Å². The lowest BCUT2D eigenvalue weighted by Gasteiger charge is -2.37. The molecule has 3 fully saturated rings. The van der Waals surface area contributed by atoms with Crippen molar-refractivity contribution in [3.05, 3.63) is 23.9 Å². The Morgan fingerprint density at radius 2 is 1.84 bits per heavy atom. The van der Waals surface area contributed by atoms with Gasteiger partial charge in [-0.15, -0.1) is 0 Å². The fraction of sp³-hybridized carbons (Fsp3) is 0.667.